The first kappa shape index (κ1) is 20.7. The third-order valence-electron chi connectivity index (χ3n) is 5.66. The number of carbonyl (C=O) groups is 2. The number of nitrogens with zero attached hydrogens (tertiary/aromatic N) is 2. The van der Waals surface area contributed by atoms with Crippen LogP contribution in [0.4, 0.5) is 4.39 Å². The van der Waals surface area contributed by atoms with Gasteiger partial charge in [0.05, 0.1) is 11.6 Å². The summed E-state index contributed by atoms with van der Waals surface area (Å²) in [5, 5.41) is 11.2. The predicted molar refractivity (Wildman–Crippen MR) is 116 cm³/mol. The Kier molecular flexibility index (Phi) is 5.26. The van der Waals surface area contributed by atoms with Crippen molar-refractivity contribution in [2.45, 2.75) is 12.6 Å². The zero-order valence-corrected chi connectivity index (χ0v) is 17.4. The summed E-state index contributed by atoms with van der Waals surface area (Å²) in [7, 11) is 0. The number of aliphatic hydroxyl groups excluding tert-OH is 1. The number of halogens is 1. The van der Waals surface area contributed by atoms with Gasteiger partial charge in [0.2, 0.25) is 0 Å². The Balaban J connectivity index is 1.65. The van der Waals surface area contributed by atoms with Crippen LogP contribution >= 0.6 is 0 Å². The maximum Gasteiger partial charge on any atom is 0.295 e. The molecule has 1 amide bonds. The van der Waals surface area contributed by atoms with E-state index in [0.29, 0.717) is 30.3 Å². The van der Waals surface area contributed by atoms with E-state index in [9.17, 15) is 19.1 Å². The molecule has 0 saturated carbocycles. The second-order valence-electron chi connectivity index (χ2n) is 7.66. The van der Waals surface area contributed by atoms with Crippen molar-refractivity contribution >= 4 is 17.4 Å². The molecule has 3 aromatic rings. The van der Waals surface area contributed by atoms with Crippen LogP contribution in [0.2, 0.25) is 0 Å². The monoisotopic (exact) mass is 446 g/mol. The topological polar surface area (TPSA) is 89.0 Å². The van der Waals surface area contributed by atoms with Gasteiger partial charge in [-0.3, -0.25) is 14.6 Å². The SMILES string of the molecule is O=C1C(=O)N(Cc2ccncc2)[C@H](c2ccccc2F)C1=C(O)c1ccc2c(c1)OCCO2. The number of benzene rings is 2. The lowest BCUT2D eigenvalue weighted by Gasteiger charge is -2.26. The highest BCUT2D eigenvalue weighted by Gasteiger charge is 2.47. The Labute approximate surface area is 188 Å². The number of Topliss-reactive ketones (excluding diaryl/α,β-unsaturated/α-hetero) is 1. The minimum atomic E-state index is -1.10. The molecule has 0 spiro atoms. The molecule has 1 aromatic heterocycles. The highest BCUT2D eigenvalue weighted by Crippen LogP contribution is 2.42. The number of likely N-dealkylation sites (tertiary alicyclic amines) is 1. The van der Waals surface area contributed by atoms with Crippen LogP contribution in [0.1, 0.15) is 22.7 Å². The number of rotatable bonds is 4. The van der Waals surface area contributed by atoms with E-state index in [1.54, 1.807) is 48.8 Å². The first-order chi connectivity index (χ1) is 16.0. The van der Waals surface area contributed by atoms with Gasteiger partial charge in [-0.1, -0.05) is 18.2 Å². The molecule has 1 saturated heterocycles. The van der Waals surface area contributed by atoms with Crippen molar-refractivity contribution in [1.29, 1.82) is 0 Å². The third kappa shape index (κ3) is 3.69. The van der Waals surface area contributed by atoms with Crippen LogP contribution in [0.5, 0.6) is 11.5 Å². The molecule has 1 N–H and O–H groups in total. The molecule has 1 fully saturated rings. The molecule has 0 bridgehead atoms. The van der Waals surface area contributed by atoms with Crippen molar-refractivity contribution in [1.82, 2.24) is 9.88 Å². The summed E-state index contributed by atoms with van der Waals surface area (Å²) in [6, 6.07) is 12.9. The van der Waals surface area contributed by atoms with Crippen molar-refractivity contribution in [2.75, 3.05) is 13.2 Å². The summed E-state index contributed by atoms with van der Waals surface area (Å²) in [5.74, 6) is -1.77. The van der Waals surface area contributed by atoms with Crippen LogP contribution in [-0.4, -0.2) is 39.9 Å². The maximum atomic E-state index is 14.9. The van der Waals surface area contributed by atoms with E-state index in [0.717, 1.165) is 0 Å². The van der Waals surface area contributed by atoms with Crippen molar-refractivity contribution in [3.8, 4) is 11.5 Å². The first-order valence-corrected chi connectivity index (χ1v) is 10.4. The fourth-order valence-corrected chi connectivity index (χ4v) is 4.09. The van der Waals surface area contributed by atoms with Gasteiger partial charge < -0.3 is 19.5 Å². The second kappa shape index (κ2) is 8.38. The van der Waals surface area contributed by atoms with Crippen LogP contribution in [0, 0.1) is 5.82 Å². The highest BCUT2D eigenvalue weighted by atomic mass is 19.1. The van der Waals surface area contributed by atoms with Gasteiger partial charge >= 0.3 is 0 Å². The Hall–Kier alpha value is -4.20. The van der Waals surface area contributed by atoms with E-state index in [4.69, 9.17) is 9.47 Å². The second-order valence-corrected chi connectivity index (χ2v) is 7.66. The number of aromatic nitrogens is 1. The van der Waals surface area contributed by atoms with Crippen LogP contribution in [-0.2, 0) is 16.1 Å². The number of ketones is 1. The number of fused-ring (bicyclic) bond motifs is 1. The highest BCUT2D eigenvalue weighted by molar-refractivity contribution is 6.46. The molecule has 0 unspecified atom stereocenters. The molecule has 2 aliphatic heterocycles. The largest absolute Gasteiger partial charge is 0.507 e. The lowest BCUT2D eigenvalue weighted by Crippen LogP contribution is -2.29. The lowest BCUT2D eigenvalue weighted by atomic mass is 9.94. The standard InChI is InChI=1S/C25H19FN2O5/c26-18-4-2-1-3-17(18)22-21(23(29)16-5-6-19-20(13-16)33-12-11-32-19)24(30)25(31)28(22)14-15-7-9-27-10-8-15/h1-10,13,22,29H,11-12,14H2/t22-/m1/s1. The fraction of sp³-hybridized carbons (Fsp3) is 0.160. The summed E-state index contributed by atoms with van der Waals surface area (Å²) >= 11 is 0. The Morgan fingerprint density at radius 2 is 1.76 bits per heavy atom. The average Bonchev–Trinajstić information content (AvgIpc) is 3.09. The molecule has 166 valence electrons. The summed E-state index contributed by atoms with van der Waals surface area (Å²) < 4.78 is 25.9. The molecule has 33 heavy (non-hydrogen) atoms. The predicted octanol–water partition coefficient (Wildman–Crippen LogP) is 3.61. The zero-order valence-electron chi connectivity index (χ0n) is 17.4. The minimum absolute atomic E-state index is 0.0456. The molecular formula is C25H19FN2O5. The number of aliphatic hydroxyl groups is 1. The molecular weight excluding hydrogens is 427 g/mol. The lowest BCUT2D eigenvalue weighted by molar-refractivity contribution is -0.140. The number of pyridine rings is 1. The van der Waals surface area contributed by atoms with E-state index in [2.05, 4.69) is 4.98 Å². The molecule has 5 rings (SSSR count). The van der Waals surface area contributed by atoms with Gasteiger partial charge in [0, 0.05) is 30.1 Å². The molecule has 0 aliphatic carbocycles. The van der Waals surface area contributed by atoms with Gasteiger partial charge in [-0.2, -0.15) is 0 Å². The van der Waals surface area contributed by atoms with Crippen LogP contribution < -0.4 is 9.47 Å². The van der Waals surface area contributed by atoms with Crippen molar-refractivity contribution < 1.29 is 28.6 Å². The van der Waals surface area contributed by atoms with Gasteiger partial charge in [-0.05, 0) is 42.0 Å². The Morgan fingerprint density at radius 3 is 2.52 bits per heavy atom. The summed E-state index contributed by atoms with van der Waals surface area (Å²) in [6.07, 6.45) is 3.14. The van der Waals surface area contributed by atoms with E-state index >= 15 is 0 Å². The van der Waals surface area contributed by atoms with Gasteiger partial charge in [-0.15, -0.1) is 0 Å². The first-order valence-electron chi connectivity index (χ1n) is 10.4. The number of amides is 1. The zero-order chi connectivity index (χ0) is 22.9. The summed E-state index contributed by atoms with van der Waals surface area (Å²) in [6.45, 7) is 0.804. The summed E-state index contributed by atoms with van der Waals surface area (Å²) in [5.41, 5.74) is 0.913. The molecule has 7 nitrogen and oxygen atoms in total. The molecule has 2 aromatic carbocycles. The quantitative estimate of drug-likeness (QED) is 0.374. The number of hydrogen-bond acceptors (Lipinski definition) is 6. The van der Waals surface area contributed by atoms with Crippen LogP contribution in [0.25, 0.3) is 5.76 Å². The van der Waals surface area contributed by atoms with Gasteiger partial charge in [-0.25, -0.2) is 4.39 Å². The van der Waals surface area contributed by atoms with Crippen LogP contribution in [0.3, 0.4) is 0 Å². The van der Waals surface area contributed by atoms with Crippen molar-refractivity contribution in [2.24, 2.45) is 0 Å². The smallest absolute Gasteiger partial charge is 0.295 e. The van der Waals surface area contributed by atoms with Crippen LogP contribution in [0.15, 0.2) is 72.6 Å². The van der Waals surface area contributed by atoms with Gasteiger partial charge in [0.25, 0.3) is 11.7 Å². The normalized spacial score (nSPS) is 19.1. The molecule has 0 radical (unpaired) electrons. The Bertz CT molecular complexity index is 1270. The fourth-order valence-electron chi connectivity index (χ4n) is 4.09. The van der Waals surface area contributed by atoms with E-state index in [1.165, 1.54) is 23.1 Å². The average molecular weight is 446 g/mol. The van der Waals surface area contributed by atoms with E-state index in [1.807, 2.05) is 0 Å². The van der Waals surface area contributed by atoms with Gasteiger partial charge in [0.15, 0.2) is 11.5 Å². The van der Waals surface area contributed by atoms with E-state index in [-0.39, 0.29) is 23.2 Å². The summed E-state index contributed by atoms with van der Waals surface area (Å²) in [4.78, 5) is 31.4. The Morgan fingerprint density at radius 1 is 1.03 bits per heavy atom. The third-order valence-corrected chi connectivity index (χ3v) is 5.66. The maximum absolute atomic E-state index is 14.9. The molecule has 2 aliphatic rings. The molecule has 8 heteroatoms. The molecule has 1 atom stereocenters. The van der Waals surface area contributed by atoms with Crippen molar-refractivity contribution in [3.05, 3.63) is 95.1 Å². The van der Waals surface area contributed by atoms with Gasteiger partial charge in [0.1, 0.15) is 24.8 Å². The minimum Gasteiger partial charge on any atom is -0.507 e. The van der Waals surface area contributed by atoms with Crippen molar-refractivity contribution in [3.63, 3.8) is 0 Å². The molecule has 3 heterocycles. The number of carbonyl (C=O) groups excluding carboxylic acids is 2. The number of ether oxygens (including phenoxy) is 2. The number of hydrogen-bond donors (Lipinski definition) is 1. The van der Waals surface area contributed by atoms with E-state index < -0.39 is 29.3 Å².